The lowest BCUT2D eigenvalue weighted by atomic mass is 10.1. The summed E-state index contributed by atoms with van der Waals surface area (Å²) in [5.41, 5.74) is 5.90. The monoisotopic (exact) mass is 181 g/mol. The molecule has 1 aromatic carbocycles. The van der Waals surface area contributed by atoms with E-state index in [1.807, 2.05) is 0 Å². The predicted octanol–water partition coefficient (Wildman–Crippen LogP) is 0.0259. The van der Waals surface area contributed by atoms with Gasteiger partial charge in [-0.1, -0.05) is 12.1 Å². The molecule has 0 aliphatic rings. The highest BCUT2D eigenvalue weighted by Gasteiger charge is 2.06. The third kappa shape index (κ3) is 2.05. The molecule has 0 aromatic heterocycles. The molecule has 0 saturated heterocycles. The van der Waals surface area contributed by atoms with Crippen molar-refractivity contribution in [2.45, 2.75) is 6.61 Å². The summed E-state index contributed by atoms with van der Waals surface area (Å²) in [5, 5.41) is 18.0. The number of aromatic hydroxyl groups is 1. The molecular formula is C9H11NO3. The van der Waals surface area contributed by atoms with Gasteiger partial charge in [0.2, 0.25) is 0 Å². The molecule has 0 heterocycles. The van der Waals surface area contributed by atoms with Gasteiger partial charge in [-0.3, -0.25) is 4.79 Å². The number of hydrogen-bond donors (Lipinski definition) is 3. The first-order chi connectivity index (χ1) is 6.19. The SMILES string of the molecule is NCC(=O)c1ccc(CO)c(O)c1. The highest BCUT2D eigenvalue weighted by molar-refractivity contribution is 5.97. The zero-order valence-electron chi connectivity index (χ0n) is 7.03. The van der Waals surface area contributed by atoms with Crippen molar-refractivity contribution in [3.05, 3.63) is 29.3 Å². The highest BCUT2D eigenvalue weighted by Crippen LogP contribution is 2.18. The van der Waals surface area contributed by atoms with E-state index < -0.39 is 0 Å². The van der Waals surface area contributed by atoms with Crippen LogP contribution in [0.4, 0.5) is 0 Å². The smallest absolute Gasteiger partial charge is 0.176 e. The number of ketones is 1. The molecule has 0 aliphatic carbocycles. The Balaban J connectivity index is 3.02. The van der Waals surface area contributed by atoms with Crippen LogP contribution in [0, 0.1) is 0 Å². The molecule has 4 heteroatoms. The van der Waals surface area contributed by atoms with E-state index in [1.54, 1.807) is 0 Å². The number of rotatable bonds is 3. The Morgan fingerprint density at radius 3 is 2.62 bits per heavy atom. The van der Waals surface area contributed by atoms with Gasteiger partial charge in [-0.25, -0.2) is 0 Å². The Morgan fingerprint density at radius 2 is 2.15 bits per heavy atom. The lowest BCUT2D eigenvalue weighted by Crippen LogP contribution is -2.13. The van der Waals surface area contributed by atoms with Crippen LogP contribution < -0.4 is 5.73 Å². The van der Waals surface area contributed by atoms with E-state index in [0.29, 0.717) is 11.1 Å². The maximum atomic E-state index is 11.1. The first kappa shape index (κ1) is 9.70. The summed E-state index contributed by atoms with van der Waals surface area (Å²) in [7, 11) is 0. The van der Waals surface area contributed by atoms with Crippen LogP contribution in [0.5, 0.6) is 5.75 Å². The molecule has 0 amide bonds. The lowest BCUT2D eigenvalue weighted by molar-refractivity contribution is 0.100. The van der Waals surface area contributed by atoms with Crippen LogP contribution in [0.15, 0.2) is 18.2 Å². The van der Waals surface area contributed by atoms with Crippen molar-refractivity contribution in [2.24, 2.45) is 5.73 Å². The topological polar surface area (TPSA) is 83.6 Å². The van der Waals surface area contributed by atoms with Gasteiger partial charge in [0.15, 0.2) is 5.78 Å². The third-order valence-corrected chi connectivity index (χ3v) is 1.76. The maximum absolute atomic E-state index is 11.1. The molecule has 1 rings (SSSR count). The second kappa shape index (κ2) is 4.02. The van der Waals surface area contributed by atoms with Crippen LogP contribution in [0.2, 0.25) is 0 Å². The van der Waals surface area contributed by atoms with E-state index in [1.165, 1.54) is 18.2 Å². The summed E-state index contributed by atoms with van der Waals surface area (Å²) in [4.78, 5) is 11.1. The van der Waals surface area contributed by atoms with Crippen LogP contribution in [-0.2, 0) is 6.61 Å². The third-order valence-electron chi connectivity index (χ3n) is 1.76. The van der Waals surface area contributed by atoms with Gasteiger partial charge in [0, 0.05) is 11.1 Å². The highest BCUT2D eigenvalue weighted by atomic mass is 16.3. The Kier molecular flexibility index (Phi) is 3.00. The van der Waals surface area contributed by atoms with E-state index >= 15 is 0 Å². The molecule has 0 bridgehead atoms. The molecule has 13 heavy (non-hydrogen) atoms. The van der Waals surface area contributed by atoms with Crippen molar-refractivity contribution < 1.29 is 15.0 Å². The van der Waals surface area contributed by atoms with Crippen molar-refractivity contribution in [3.8, 4) is 5.75 Å². The van der Waals surface area contributed by atoms with Crippen LogP contribution in [0.3, 0.4) is 0 Å². The Labute approximate surface area is 75.6 Å². The van der Waals surface area contributed by atoms with Gasteiger partial charge in [0.05, 0.1) is 13.2 Å². The van der Waals surface area contributed by atoms with Crippen molar-refractivity contribution in [3.63, 3.8) is 0 Å². The fourth-order valence-electron chi connectivity index (χ4n) is 0.989. The fraction of sp³-hybridized carbons (Fsp3) is 0.222. The normalized spacial score (nSPS) is 10.0. The van der Waals surface area contributed by atoms with Gasteiger partial charge < -0.3 is 15.9 Å². The minimum atomic E-state index is -0.247. The molecule has 0 spiro atoms. The lowest BCUT2D eigenvalue weighted by Gasteiger charge is -2.02. The Morgan fingerprint density at radius 1 is 1.46 bits per heavy atom. The van der Waals surface area contributed by atoms with Crippen LogP contribution in [-0.4, -0.2) is 22.5 Å². The van der Waals surface area contributed by atoms with Crippen molar-refractivity contribution in [1.82, 2.24) is 0 Å². The first-order valence-electron chi connectivity index (χ1n) is 3.85. The molecule has 0 aliphatic heterocycles. The number of carbonyl (C=O) groups excluding carboxylic acids is 1. The molecule has 0 radical (unpaired) electrons. The molecule has 70 valence electrons. The number of aliphatic hydroxyl groups excluding tert-OH is 1. The first-order valence-corrected chi connectivity index (χ1v) is 3.85. The fourth-order valence-corrected chi connectivity index (χ4v) is 0.989. The molecular weight excluding hydrogens is 170 g/mol. The molecule has 0 saturated carbocycles. The van der Waals surface area contributed by atoms with E-state index in [0.717, 1.165) is 0 Å². The largest absolute Gasteiger partial charge is 0.508 e. The molecule has 0 atom stereocenters. The van der Waals surface area contributed by atoms with Crippen molar-refractivity contribution >= 4 is 5.78 Å². The minimum Gasteiger partial charge on any atom is -0.508 e. The molecule has 4 N–H and O–H groups in total. The number of phenols is 1. The summed E-state index contributed by atoms with van der Waals surface area (Å²) >= 11 is 0. The summed E-state index contributed by atoms with van der Waals surface area (Å²) in [5.74, 6) is -0.318. The van der Waals surface area contributed by atoms with Crippen molar-refractivity contribution in [1.29, 1.82) is 0 Å². The summed E-state index contributed by atoms with van der Waals surface area (Å²) in [6.07, 6.45) is 0. The average molecular weight is 181 g/mol. The van der Waals surface area contributed by atoms with Crippen molar-refractivity contribution in [2.75, 3.05) is 6.54 Å². The number of aliphatic hydroxyl groups is 1. The summed E-state index contributed by atoms with van der Waals surface area (Å²) < 4.78 is 0. The Bertz CT molecular complexity index is 323. The summed E-state index contributed by atoms with van der Waals surface area (Å²) in [6, 6.07) is 4.33. The Hall–Kier alpha value is -1.39. The van der Waals surface area contributed by atoms with Gasteiger partial charge in [-0.15, -0.1) is 0 Å². The number of carbonyl (C=O) groups is 1. The molecule has 4 nitrogen and oxygen atoms in total. The zero-order chi connectivity index (χ0) is 9.84. The van der Waals surface area contributed by atoms with Crippen LogP contribution in [0.1, 0.15) is 15.9 Å². The van der Waals surface area contributed by atoms with E-state index in [2.05, 4.69) is 0 Å². The van der Waals surface area contributed by atoms with Crippen LogP contribution in [0.25, 0.3) is 0 Å². The van der Waals surface area contributed by atoms with Gasteiger partial charge in [-0.05, 0) is 6.07 Å². The average Bonchev–Trinajstić information content (AvgIpc) is 2.16. The van der Waals surface area contributed by atoms with Crippen LogP contribution >= 0.6 is 0 Å². The predicted molar refractivity (Wildman–Crippen MR) is 47.4 cm³/mol. The quantitative estimate of drug-likeness (QED) is 0.574. The van der Waals surface area contributed by atoms with E-state index in [9.17, 15) is 9.90 Å². The number of Topliss-reactive ketones (excluding diaryl/α,β-unsaturated/α-hetero) is 1. The van der Waals surface area contributed by atoms with Gasteiger partial charge in [-0.2, -0.15) is 0 Å². The second-order valence-electron chi connectivity index (χ2n) is 2.63. The number of hydrogen-bond acceptors (Lipinski definition) is 4. The van der Waals surface area contributed by atoms with E-state index in [-0.39, 0.29) is 24.7 Å². The zero-order valence-corrected chi connectivity index (χ0v) is 7.03. The molecule has 1 aromatic rings. The molecule has 0 fully saturated rings. The molecule has 0 unspecified atom stereocenters. The number of benzene rings is 1. The van der Waals surface area contributed by atoms with Gasteiger partial charge >= 0.3 is 0 Å². The maximum Gasteiger partial charge on any atom is 0.176 e. The summed E-state index contributed by atoms with van der Waals surface area (Å²) in [6.45, 7) is -0.332. The number of nitrogens with two attached hydrogens (primary N) is 1. The van der Waals surface area contributed by atoms with Gasteiger partial charge in [0.25, 0.3) is 0 Å². The minimum absolute atomic E-state index is 0.0817. The van der Waals surface area contributed by atoms with Gasteiger partial charge in [0.1, 0.15) is 5.75 Å². The second-order valence-corrected chi connectivity index (χ2v) is 2.63. The van der Waals surface area contributed by atoms with E-state index in [4.69, 9.17) is 10.8 Å². The standard InChI is InChI=1S/C9H11NO3/c10-4-9(13)6-1-2-7(5-11)8(12)3-6/h1-3,11-12H,4-5,10H2.